The number of carbonyl (C=O) groups is 1. The molecule has 24 heavy (non-hydrogen) atoms. The molecule has 2 aromatic rings. The fourth-order valence-corrected chi connectivity index (χ4v) is 4.05. The van der Waals surface area contributed by atoms with E-state index >= 15 is 0 Å². The van der Waals surface area contributed by atoms with Gasteiger partial charge >= 0.3 is 0 Å². The topological polar surface area (TPSA) is 87.0 Å². The maximum absolute atomic E-state index is 12.5. The average Bonchev–Trinajstić information content (AvgIpc) is 3.25. The lowest BCUT2D eigenvalue weighted by molar-refractivity contribution is -0.119. The summed E-state index contributed by atoms with van der Waals surface area (Å²) in [5, 5.41) is 4.13. The summed E-state index contributed by atoms with van der Waals surface area (Å²) in [6.45, 7) is 1.84. The minimum absolute atomic E-state index is 0.138. The van der Waals surface area contributed by atoms with Gasteiger partial charge in [0.15, 0.2) is 0 Å². The molecule has 6 heteroatoms. The van der Waals surface area contributed by atoms with Gasteiger partial charge < -0.3 is 20.9 Å². The Balaban J connectivity index is 1.65. The monoisotopic (exact) mass is 327 g/mol. The molecule has 1 amide bonds. The van der Waals surface area contributed by atoms with Crippen LogP contribution in [0.4, 0.5) is 11.4 Å². The van der Waals surface area contributed by atoms with Crippen molar-refractivity contribution in [1.29, 1.82) is 0 Å². The van der Waals surface area contributed by atoms with Crippen LogP contribution in [-0.4, -0.2) is 35.0 Å². The number of aromatic nitrogens is 2. The molecule has 128 valence electrons. The molecule has 2 aromatic heterocycles. The Hall–Kier alpha value is -2.08. The highest BCUT2D eigenvalue weighted by Crippen LogP contribution is 2.34. The molecular formula is C18H25N5O. The zero-order valence-corrected chi connectivity index (χ0v) is 13.9. The van der Waals surface area contributed by atoms with E-state index in [0.29, 0.717) is 0 Å². The maximum Gasteiger partial charge on any atom is 0.227 e. The van der Waals surface area contributed by atoms with Crippen LogP contribution in [0.25, 0.3) is 11.0 Å². The van der Waals surface area contributed by atoms with Crippen molar-refractivity contribution in [2.45, 2.75) is 44.6 Å². The van der Waals surface area contributed by atoms with E-state index in [9.17, 15) is 4.79 Å². The molecule has 0 spiro atoms. The largest absolute Gasteiger partial charge is 0.369 e. The summed E-state index contributed by atoms with van der Waals surface area (Å²) in [6.07, 6.45) is 10.2. The number of pyridine rings is 1. The normalized spacial score (nSPS) is 22.2. The number of nitrogens with two attached hydrogens (primary N) is 1. The van der Waals surface area contributed by atoms with Gasteiger partial charge in [0.25, 0.3) is 0 Å². The van der Waals surface area contributed by atoms with Crippen LogP contribution < -0.4 is 16.0 Å². The molecule has 1 aliphatic carbocycles. The predicted octanol–water partition coefficient (Wildman–Crippen LogP) is 2.62. The second-order valence-corrected chi connectivity index (χ2v) is 7.07. The fraction of sp³-hybridized carbons (Fsp3) is 0.556. The number of anilines is 2. The Kier molecular flexibility index (Phi) is 4.14. The van der Waals surface area contributed by atoms with Crippen LogP contribution in [-0.2, 0) is 4.79 Å². The summed E-state index contributed by atoms with van der Waals surface area (Å²) in [5.74, 6) is 0.289. The molecule has 0 bridgehead atoms. The molecule has 1 aliphatic heterocycles. The third-order valence-corrected chi connectivity index (χ3v) is 5.33. The Morgan fingerprint density at radius 3 is 2.92 bits per heavy atom. The summed E-state index contributed by atoms with van der Waals surface area (Å²) in [5.41, 5.74) is 8.91. The van der Waals surface area contributed by atoms with Crippen LogP contribution in [0.3, 0.4) is 0 Å². The van der Waals surface area contributed by atoms with Gasteiger partial charge in [0.2, 0.25) is 5.91 Å². The van der Waals surface area contributed by atoms with Gasteiger partial charge in [0.05, 0.1) is 16.8 Å². The molecule has 2 aliphatic rings. The molecule has 2 fully saturated rings. The number of fused-ring (bicyclic) bond motifs is 1. The van der Waals surface area contributed by atoms with Gasteiger partial charge in [-0.1, -0.05) is 12.8 Å². The van der Waals surface area contributed by atoms with Crippen molar-refractivity contribution in [3.8, 4) is 0 Å². The summed E-state index contributed by atoms with van der Waals surface area (Å²) in [4.78, 5) is 22.4. The van der Waals surface area contributed by atoms with Crippen molar-refractivity contribution >= 4 is 28.3 Å². The number of piperidine rings is 1. The molecule has 1 saturated carbocycles. The Morgan fingerprint density at radius 1 is 1.29 bits per heavy atom. The number of nitrogens with zero attached hydrogens (tertiary/aromatic N) is 2. The lowest BCUT2D eigenvalue weighted by Crippen LogP contribution is -2.42. The molecule has 4 rings (SSSR count). The molecule has 4 N–H and O–H groups in total. The Bertz CT molecular complexity index is 734. The number of amides is 1. The van der Waals surface area contributed by atoms with Crippen molar-refractivity contribution in [2.75, 3.05) is 23.3 Å². The van der Waals surface area contributed by atoms with E-state index in [1.54, 1.807) is 0 Å². The molecular weight excluding hydrogens is 302 g/mol. The molecule has 0 aromatic carbocycles. The van der Waals surface area contributed by atoms with Crippen LogP contribution in [0.15, 0.2) is 18.5 Å². The fourth-order valence-electron chi connectivity index (χ4n) is 4.05. The highest BCUT2D eigenvalue weighted by molar-refractivity contribution is 6.06. The zero-order valence-electron chi connectivity index (χ0n) is 13.9. The lowest BCUT2D eigenvalue weighted by Gasteiger charge is -2.33. The smallest absolute Gasteiger partial charge is 0.227 e. The summed E-state index contributed by atoms with van der Waals surface area (Å²) >= 11 is 0. The highest BCUT2D eigenvalue weighted by atomic mass is 16.1. The number of hydrogen-bond acceptors (Lipinski definition) is 4. The van der Waals surface area contributed by atoms with Crippen LogP contribution in [0.1, 0.15) is 38.5 Å². The second kappa shape index (κ2) is 6.43. The minimum Gasteiger partial charge on any atom is -0.369 e. The van der Waals surface area contributed by atoms with Crippen molar-refractivity contribution in [1.82, 2.24) is 9.97 Å². The van der Waals surface area contributed by atoms with Crippen LogP contribution >= 0.6 is 0 Å². The molecule has 3 heterocycles. The van der Waals surface area contributed by atoms with E-state index in [2.05, 4.69) is 20.2 Å². The first kappa shape index (κ1) is 15.4. The molecule has 6 nitrogen and oxygen atoms in total. The third kappa shape index (κ3) is 2.86. The van der Waals surface area contributed by atoms with Gasteiger partial charge in [0.1, 0.15) is 5.65 Å². The van der Waals surface area contributed by atoms with E-state index in [1.807, 2.05) is 18.5 Å². The van der Waals surface area contributed by atoms with E-state index in [-0.39, 0.29) is 17.9 Å². The van der Waals surface area contributed by atoms with Crippen molar-refractivity contribution in [3.05, 3.63) is 18.5 Å². The molecule has 1 saturated heterocycles. The Labute approximate surface area is 141 Å². The van der Waals surface area contributed by atoms with Crippen LogP contribution in [0.5, 0.6) is 0 Å². The second-order valence-electron chi connectivity index (χ2n) is 7.07. The van der Waals surface area contributed by atoms with Gasteiger partial charge in [-0.15, -0.1) is 0 Å². The first-order valence-electron chi connectivity index (χ1n) is 9.00. The first-order chi connectivity index (χ1) is 11.7. The number of aromatic amines is 1. The quantitative estimate of drug-likeness (QED) is 0.809. The average molecular weight is 327 g/mol. The van der Waals surface area contributed by atoms with Crippen molar-refractivity contribution in [3.63, 3.8) is 0 Å². The molecule has 0 radical (unpaired) electrons. The standard InChI is InChI=1S/C18H25N5O/c19-13-6-3-9-23(11-13)15-7-8-20-17-16(15)14(10-21-17)22-18(24)12-4-1-2-5-12/h7-8,10,12-13H,1-6,9,11,19H2,(H,20,21)(H,22,24). The van der Waals surface area contributed by atoms with Gasteiger partial charge in [-0.3, -0.25) is 4.79 Å². The number of hydrogen-bond donors (Lipinski definition) is 3. The molecule has 1 atom stereocenters. The third-order valence-electron chi connectivity index (χ3n) is 5.33. The first-order valence-corrected chi connectivity index (χ1v) is 9.00. The summed E-state index contributed by atoms with van der Waals surface area (Å²) in [7, 11) is 0. The lowest BCUT2D eigenvalue weighted by atomic mass is 10.0. The van der Waals surface area contributed by atoms with E-state index in [4.69, 9.17) is 5.73 Å². The van der Waals surface area contributed by atoms with Crippen LogP contribution in [0, 0.1) is 5.92 Å². The van der Waals surface area contributed by atoms with E-state index in [0.717, 1.165) is 74.0 Å². The van der Waals surface area contributed by atoms with Gasteiger partial charge in [-0.2, -0.15) is 0 Å². The summed E-state index contributed by atoms with van der Waals surface area (Å²) in [6, 6.07) is 2.23. The van der Waals surface area contributed by atoms with Gasteiger partial charge in [0, 0.05) is 37.4 Å². The minimum atomic E-state index is 0.138. The number of nitrogens with one attached hydrogen (secondary N) is 2. The highest BCUT2D eigenvalue weighted by Gasteiger charge is 2.25. The predicted molar refractivity (Wildman–Crippen MR) is 96.1 cm³/mol. The SMILES string of the molecule is NC1CCCN(c2ccnc3[nH]cc(NC(=O)C4CCCC4)c23)C1. The van der Waals surface area contributed by atoms with Crippen molar-refractivity contribution in [2.24, 2.45) is 11.7 Å². The van der Waals surface area contributed by atoms with Crippen molar-refractivity contribution < 1.29 is 4.79 Å². The van der Waals surface area contributed by atoms with E-state index in [1.165, 1.54) is 0 Å². The number of H-pyrrole nitrogens is 1. The van der Waals surface area contributed by atoms with E-state index < -0.39 is 0 Å². The number of rotatable bonds is 3. The Morgan fingerprint density at radius 2 is 2.12 bits per heavy atom. The van der Waals surface area contributed by atoms with Crippen LogP contribution in [0.2, 0.25) is 0 Å². The zero-order chi connectivity index (χ0) is 16.5. The molecule has 1 unspecified atom stereocenters. The van der Waals surface area contributed by atoms with Gasteiger partial charge in [-0.25, -0.2) is 4.98 Å². The maximum atomic E-state index is 12.5. The summed E-state index contributed by atoms with van der Waals surface area (Å²) < 4.78 is 0. The van der Waals surface area contributed by atoms with Gasteiger partial charge in [-0.05, 0) is 31.7 Å². The number of carbonyl (C=O) groups excluding carboxylic acids is 1.